The average molecular weight is 358 g/mol. The lowest BCUT2D eigenvalue weighted by molar-refractivity contribution is 0.0951. The van der Waals surface area contributed by atoms with E-state index in [9.17, 15) is 4.79 Å². The smallest absolute Gasteiger partial charge is 0.251 e. The van der Waals surface area contributed by atoms with E-state index in [0.717, 1.165) is 23.6 Å². The van der Waals surface area contributed by atoms with Crippen LogP contribution in [-0.4, -0.2) is 10.5 Å². The first-order valence-corrected chi connectivity index (χ1v) is 9.74. The summed E-state index contributed by atoms with van der Waals surface area (Å²) >= 11 is 0. The van der Waals surface area contributed by atoms with E-state index >= 15 is 0 Å². The van der Waals surface area contributed by atoms with Crippen molar-refractivity contribution in [3.8, 4) is 5.69 Å². The van der Waals surface area contributed by atoms with Crippen molar-refractivity contribution in [2.24, 2.45) is 5.92 Å². The maximum atomic E-state index is 12.4. The predicted octanol–water partition coefficient (Wildman–Crippen LogP) is 4.84. The lowest BCUT2D eigenvalue weighted by Crippen LogP contribution is -2.22. The summed E-state index contributed by atoms with van der Waals surface area (Å²) in [4.78, 5) is 12.4. The van der Waals surface area contributed by atoms with Crippen LogP contribution >= 0.6 is 0 Å². The van der Waals surface area contributed by atoms with Gasteiger partial charge in [-0.1, -0.05) is 37.3 Å². The van der Waals surface area contributed by atoms with E-state index in [1.165, 1.54) is 29.8 Å². The maximum absolute atomic E-state index is 12.4. The molecule has 0 aliphatic heterocycles. The zero-order valence-corrected chi connectivity index (χ0v) is 16.0. The first kappa shape index (κ1) is 17.6. The Morgan fingerprint density at radius 2 is 1.85 bits per heavy atom. The zero-order valence-electron chi connectivity index (χ0n) is 16.0. The first-order valence-electron chi connectivity index (χ1n) is 9.74. The Hall–Kier alpha value is -2.81. The summed E-state index contributed by atoms with van der Waals surface area (Å²) in [5.41, 5.74) is 7.13. The van der Waals surface area contributed by atoms with Crippen LogP contribution in [0.25, 0.3) is 5.69 Å². The van der Waals surface area contributed by atoms with Gasteiger partial charge in [0, 0.05) is 29.2 Å². The summed E-state index contributed by atoms with van der Waals surface area (Å²) in [6.07, 6.45) is 3.54. The second-order valence-electron chi connectivity index (χ2n) is 7.66. The summed E-state index contributed by atoms with van der Waals surface area (Å²) in [5, 5.41) is 2.99. The standard InChI is InChI=1S/C24H26N2O/c1-17-8-13-23-21(14-17)15-18(2)26(23)22-11-9-20(10-12-22)24(27)25-16-19-6-4-3-5-7-19/h3-7,9-12,15,17H,8,13-14,16H2,1-2H3,(H,25,27)/t17-/m1/s1. The molecule has 0 spiro atoms. The Morgan fingerprint density at radius 3 is 2.59 bits per heavy atom. The van der Waals surface area contributed by atoms with Gasteiger partial charge in [-0.25, -0.2) is 0 Å². The fourth-order valence-electron chi connectivity index (χ4n) is 4.07. The van der Waals surface area contributed by atoms with Crippen molar-refractivity contribution in [1.29, 1.82) is 0 Å². The van der Waals surface area contributed by atoms with Crippen LogP contribution in [0, 0.1) is 12.8 Å². The molecular formula is C24H26N2O. The van der Waals surface area contributed by atoms with Crippen LogP contribution in [0.2, 0.25) is 0 Å². The minimum atomic E-state index is -0.0366. The topological polar surface area (TPSA) is 34.0 Å². The molecule has 1 aliphatic rings. The van der Waals surface area contributed by atoms with Crippen molar-refractivity contribution in [3.05, 3.63) is 88.7 Å². The molecule has 3 nitrogen and oxygen atoms in total. The molecule has 3 heteroatoms. The van der Waals surface area contributed by atoms with E-state index < -0.39 is 0 Å². The average Bonchev–Trinajstić information content (AvgIpc) is 3.01. The van der Waals surface area contributed by atoms with Gasteiger partial charge in [-0.05, 0) is 73.6 Å². The molecule has 138 valence electrons. The third-order valence-corrected chi connectivity index (χ3v) is 5.50. The van der Waals surface area contributed by atoms with Gasteiger partial charge in [-0.15, -0.1) is 0 Å². The van der Waals surface area contributed by atoms with E-state index in [4.69, 9.17) is 0 Å². The molecule has 0 bridgehead atoms. The van der Waals surface area contributed by atoms with E-state index in [1.54, 1.807) is 0 Å². The highest BCUT2D eigenvalue weighted by Gasteiger charge is 2.21. The Labute approximate surface area is 161 Å². The second-order valence-corrected chi connectivity index (χ2v) is 7.66. The van der Waals surface area contributed by atoms with Crippen LogP contribution in [0.5, 0.6) is 0 Å². The van der Waals surface area contributed by atoms with E-state index in [-0.39, 0.29) is 5.91 Å². The molecule has 1 N–H and O–H groups in total. The third kappa shape index (κ3) is 3.68. The number of rotatable bonds is 4. The Morgan fingerprint density at radius 1 is 1.11 bits per heavy atom. The van der Waals surface area contributed by atoms with E-state index in [2.05, 4.69) is 41.9 Å². The number of fused-ring (bicyclic) bond motifs is 1. The molecule has 0 saturated carbocycles. The van der Waals surface area contributed by atoms with Gasteiger partial charge in [0.15, 0.2) is 0 Å². The number of aryl methyl sites for hydroxylation is 1. The van der Waals surface area contributed by atoms with Crippen LogP contribution in [0.4, 0.5) is 0 Å². The van der Waals surface area contributed by atoms with Crippen LogP contribution in [0.3, 0.4) is 0 Å². The number of hydrogen-bond donors (Lipinski definition) is 1. The number of nitrogens with one attached hydrogen (secondary N) is 1. The second kappa shape index (κ2) is 7.43. The van der Waals surface area contributed by atoms with Crippen molar-refractivity contribution in [2.75, 3.05) is 0 Å². The van der Waals surface area contributed by atoms with Crippen LogP contribution in [-0.2, 0) is 19.4 Å². The van der Waals surface area contributed by atoms with E-state index in [0.29, 0.717) is 12.1 Å². The molecular weight excluding hydrogens is 332 g/mol. The van der Waals surface area contributed by atoms with Gasteiger partial charge in [0.05, 0.1) is 0 Å². The fourth-order valence-corrected chi connectivity index (χ4v) is 4.07. The zero-order chi connectivity index (χ0) is 18.8. The van der Waals surface area contributed by atoms with Crippen molar-refractivity contribution < 1.29 is 4.79 Å². The van der Waals surface area contributed by atoms with Gasteiger partial charge in [0.25, 0.3) is 5.91 Å². The molecule has 0 fully saturated rings. The molecule has 0 radical (unpaired) electrons. The van der Waals surface area contributed by atoms with Crippen molar-refractivity contribution in [1.82, 2.24) is 9.88 Å². The molecule has 0 unspecified atom stereocenters. The highest BCUT2D eigenvalue weighted by molar-refractivity contribution is 5.94. The largest absolute Gasteiger partial charge is 0.348 e. The van der Waals surface area contributed by atoms with Gasteiger partial charge in [-0.2, -0.15) is 0 Å². The minimum absolute atomic E-state index is 0.0366. The molecule has 1 aromatic heterocycles. The van der Waals surface area contributed by atoms with Gasteiger partial charge in [0.1, 0.15) is 0 Å². The normalized spacial score (nSPS) is 16.0. The third-order valence-electron chi connectivity index (χ3n) is 5.50. The number of carbonyl (C=O) groups is 1. The highest BCUT2D eigenvalue weighted by Crippen LogP contribution is 2.30. The monoisotopic (exact) mass is 358 g/mol. The molecule has 1 aliphatic carbocycles. The lowest BCUT2D eigenvalue weighted by Gasteiger charge is -2.21. The van der Waals surface area contributed by atoms with Crippen LogP contribution in [0.15, 0.2) is 60.7 Å². The number of hydrogen-bond acceptors (Lipinski definition) is 1. The summed E-state index contributed by atoms with van der Waals surface area (Å²) in [6, 6.07) is 20.3. The van der Waals surface area contributed by atoms with Crippen LogP contribution < -0.4 is 5.32 Å². The summed E-state index contributed by atoms with van der Waals surface area (Å²) in [5.74, 6) is 0.730. The number of benzene rings is 2. The Bertz CT molecular complexity index is 939. The molecule has 2 aromatic carbocycles. The lowest BCUT2D eigenvalue weighted by atomic mass is 9.89. The number of nitrogens with zero attached hydrogens (tertiary/aromatic N) is 1. The summed E-state index contributed by atoms with van der Waals surface area (Å²) in [6.45, 7) is 5.05. The molecule has 27 heavy (non-hydrogen) atoms. The number of aromatic nitrogens is 1. The maximum Gasteiger partial charge on any atom is 0.251 e. The first-order chi connectivity index (χ1) is 13.1. The van der Waals surface area contributed by atoms with Crippen LogP contribution in [0.1, 0.15) is 46.2 Å². The molecule has 1 atom stereocenters. The van der Waals surface area contributed by atoms with Gasteiger partial charge in [0.2, 0.25) is 0 Å². The molecule has 0 saturated heterocycles. The van der Waals surface area contributed by atoms with Gasteiger partial charge in [-0.3, -0.25) is 4.79 Å². The van der Waals surface area contributed by atoms with Gasteiger partial charge >= 0.3 is 0 Å². The Balaban J connectivity index is 1.50. The number of amides is 1. The molecule has 1 heterocycles. The summed E-state index contributed by atoms with van der Waals surface area (Å²) < 4.78 is 2.35. The molecule has 3 aromatic rings. The predicted molar refractivity (Wildman–Crippen MR) is 109 cm³/mol. The molecule has 4 rings (SSSR count). The fraction of sp³-hybridized carbons (Fsp3) is 0.292. The van der Waals surface area contributed by atoms with E-state index in [1.807, 2.05) is 42.5 Å². The van der Waals surface area contributed by atoms with Crippen molar-refractivity contribution in [3.63, 3.8) is 0 Å². The van der Waals surface area contributed by atoms with Gasteiger partial charge < -0.3 is 9.88 Å². The quantitative estimate of drug-likeness (QED) is 0.711. The SMILES string of the molecule is Cc1cc2c(n1-c1ccc(C(=O)NCc3ccccc3)cc1)CC[C@@H](C)C2. The van der Waals surface area contributed by atoms with Crippen molar-refractivity contribution >= 4 is 5.91 Å². The highest BCUT2D eigenvalue weighted by atomic mass is 16.1. The Kier molecular flexibility index (Phi) is 4.85. The summed E-state index contributed by atoms with van der Waals surface area (Å²) in [7, 11) is 0. The molecule has 1 amide bonds. The number of carbonyl (C=O) groups excluding carboxylic acids is 1. The minimum Gasteiger partial charge on any atom is -0.348 e. The van der Waals surface area contributed by atoms with Crippen molar-refractivity contribution in [2.45, 2.75) is 39.7 Å².